The summed E-state index contributed by atoms with van der Waals surface area (Å²) in [6.45, 7) is 5.14. The maximum absolute atomic E-state index is 10.9. The Morgan fingerprint density at radius 2 is 1.70 bits per heavy atom. The van der Waals surface area contributed by atoms with Crippen molar-refractivity contribution in [2.45, 2.75) is 51.5 Å². The van der Waals surface area contributed by atoms with Gasteiger partial charge in [-0.25, -0.2) is 0 Å². The summed E-state index contributed by atoms with van der Waals surface area (Å²) < 4.78 is 10.9. The number of rotatable bonds is 13. The van der Waals surface area contributed by atoms with Crippen molar-refractivity contribution in [1.82, 2.24) is 0 Å². The number of carboxylic acids is 2. The third kappa shape index (κ3) is 9.94. The van der Waals surface area contributed by atoms with E-state index in [9.17, 15) is 9.59 Å². The lowest BCUT2D eigenvalue weighted by molar-refractivity contribution is -0.148. The van der Waals surface area contributed by atoms with Crippen LogP contribution in [0.1, 0.15) is 39.5 Å². The fourth-order valence-corrected chi connectivity index (χ4v) is 3.77. The van der Waals surface area contributed by atoms with Crippen molar-refractivity contribution in [3.05, 3.63) is 0 Å². The first-order valence-electron chi connectivity index (χ1n) is 7.19. The second-order valence-corrected chi connectivity index (χ2v) is 6.56. The van der Waals surface area contributed by atoms with Gasteiger partial charge in [0.1, 0.15) is 5.91 Å². The molecule has 0 saturated carbocycles. The molecule has 0 aromatic heterocycles. The van der Waals surface area contributed by atoms with E-state index in [4.69, 9.17) is 19.7 Å². The molecule has 0 bridgehead atoms. The highest BCUT2D eigenvalue weighted by molar-refractivity contribution is 6.36. The first kappa shape index (κ1) is 19.1. The number of ether oxygens (including phenoxy) is 2. The molecule has 6 nitrogen and oxygen atoms in total. The molecular weight excluding hydrogens is 280 g/mol. The lowest BCUT2D eigenvalue weighted by Crippen LogP contribution is -2.24. The number of hydrogen-bond acceptors (Lipinski definition) is 4. The molecule has 0 heterocycles. The maximum Gasteiger partial charge on any atom is 0.307 e. The summed E-state index contributed by atoms with van der Waals surface area (Å²) in [4.78, 5) is 21.4. The Hall–Kier alpha value is -0.923. The van der Waals surface area contributed by atoms with E-state index >= 15 is 0 Å². The average molecular weight is 306 g/mol. The molecule has 0 rings (SSSR count). The van der Waals surface area contributed by atoms with E-state index in [1.54, 1.807) is 0 Å². The molecule has 0 saturated heterocycles. The lowest BCUT2D eigenvalue weighted by Gasteiger charge is -2.16. The van der Waals surface area contributed by atoms with Gasteiger partial charge in [-0.05, 0) is 20.3 Å². The van der Waals surface area contributed by atoms with E-state index in [2.05, 4.69) is 0 Å². The zero-order valence-electron chi connectivity index (χ0n) is 12.3. The highest BCUT2D eigenvalue weighted by atomic mass is 28.2. The van der Waals surface area contributed by atoms with Crippen LogP contribution in [-0.4, -0.2) is 50.8 Å². The Balaban J connectivity index is 3.81. The Morgan fingerprint density at radius 3 is 2.15 bits per heavy atom. The quantitative estimate of drug-likeness (QED) is 0.302. The molecule has 20 heavy (non-hydrogen) atoms. The van der Waals surface area contributed by atoms with Crippen molar-refractivity contribution in [3.8, 4) is 0 Å². The number of hydrogen-bond donors (Lipinski definition) is 2. The lowest BCUT2D eigenvalue weighted by atomic mass is 9.99. The van der Waals surface area contributed by atoms with E-state index < -0.39 is 27.4 Å². The predicted octanol–water partition coefficient (Wildman–Crippen LogP) is 1.28. The maximum atomic E-state index is 10.9. The van der Waals surface area contributed by atoms with Crippen LogP contribution < -0.4 is 0 Å². The molecule has 0 spiro atoms. The third-order valence-corrected chi connectivity index (χ3v) is 4.82. The van der Waals surface area contributed by atoms with Gasteiger partial charge in [-0.3, -0.25) is 9.59 Å². The molecule has 2 N–H and O–H groups in total. The van der Waals surface area contributed by atoms with Crippen molar-refractivity contribution < 1.29 is 29.3 Å². The van der Waals surface area contributed by atoms with Crippen LogP contribution in [0.4, 0.5) is 0 Å². The van der Waals surface area contributed by atoms with Crippen LogP contribution in [0, 0.1) is 5.92 Å². The molecule has 0 aliphatic rings. The summed E-state index contributed by atoms with van der Waals surface area (Å²) >= 11 is 0. The summed E-state index contributed by atoms with van der Waals surface area (Å²) in [5, 5.41) is 17.5. The summed E-state index contributed by atoms with van der Waals surface area (Å²) in [5.41, 5.74) is 0. The highest BCUT2D eigenvalue weighted by Crippen LogP contribution is 2.14. The highest BCUT2D eigenvalue weighted by Gasteiger charge is 2.20. The van der Waals surface area contributed by atoms with Crippen molar-refractivity contribution >= 4 is 21.5 Å². The number of unbranched alkanes of at least 4 members (excludes halogenated alkanes) is 1. The minimum atomic E-state index is -1.06. The Morgan fingerprint density at radius 1 is 1.10 bits per heavy atom. The van der Waals surface area contributed by atoms with Gasteiger partial charge >= 0.3 is 11.9 Å². The van der Waals surface area contributed by atoms with Gasteiger partial charge in [0, 0.05) is 13.2 Å². The second kappa shape index (κ2) is 11.9. The molecule has 0 amide bonds. The minimum Gasteiger partial charge on any atom is -0.481 e. The van der Waals surface area contributed by atoms with Crippen LogP contribution in [0.25, 0.3) is 0 Å². The Labute approximate surface area is 122 Å². The zero-order chi connectivity index (χ0) is 15.4. The monoisotopic (exact) mass is 306 g/mol. The van der Waals surface area contributed by atoms with Gasteiger partial charge in [0.2, 0.25) is 0 Å². The molecule has 7 heteroatoms. The Bertz CT molecular complexity index is 278. The van der Waals surface area contributed by atoms with Crippen LogP contribution in [-0.2, 0) is 19.1 Å². The predicted molar refractivity (Wildman–Crippen MR) is 77.6 cm³/mol. The van der Waals surface area contributed by atoms with Crippen molar-refractivity contribution in [2.24, 2.45) is 5.92 Å². The van der Waals surface area contributed by atoms with Crippen molar-refractivity contribution in [2.75, 3.05) is 13.2 Å². The minimum absolute atomic E-state index is 0.0562. The number of aliphatic carboxylic acids is 2. The number of carboxylic acid groups (broad SMARTS) is 2. The summed E-state index contributed by atoms with van der Waals surface area (Å²) in [5.74, 6) is -2.91. The van der Waals surface area contributed by atoms with Gasteiger partial charge in [0.05, 0.1) is 21.9 Å². The molecule has 1 atom stereocenters. The molecule has 0 aromatic rings. The Kier molecular flexibility index (Phi) is 11.3. The van der Waals surface area contributed by atoms with E-state index in [1.807, 2.05) is 13.8 Å². The number of carbonyl (C=O) groups is 2. The molecule has 0 aromatic carbocycles. The van der Waals surface area contributed by atoms with Crippen LogP contribution >= 0.6 is 0 Å². The molecule has 118 valence electrons. The normalized spacial score (nSPS) is 13.2. The van der Waals surface area contributed by atoms with E-state index in [-0.39, 0.29) is 12.3 Å². The summed E-state index contributed by atoms with van der Waals surface area (Å²) in [7, 11) is -0.491. The zero-order valence-corrected chi connectivity index (χ0v) is 13.8. The van der Waals surface area contributed by atoms with Crippen molar-refractivity contribution in [3.63, 3.8) is 0 Å². The van der Waals surface area contributed by atoms with E-state index in [0.717, 1.165) is 18.9 Å². The van der Waals surface area contributed by atoms with Gasteiger partial charge in [-0.1, -0.05) is 18.9 Å². The van der Waals surface area contributed by atoms with Gasteiger partial charge in [-0.15, -0.1) is 0 Å². The van der Waals surface area contributed by atoms with Gasteiger partial charge in [-0.2, -0.15) is 0 Å². The molecule has 0 aliphatic carbocycles. The molecule has 0 radical (unpaired) electrons. The van der Waals surface area contributed by atoms with Crippen molar-refractivity contribution in [1.29, 1.82) is 0 Å². The fourth-order valence-electron chi connectivity index (χ4n) is 1.99. The van der Waals surface area contributed by atoms with E-state index in [0.29, 0.717) is 19.6 Å². The molecule has 1 unspecified atom stereocenters. The van der Waals surface area contributed by atoms with Gasteiger partial charge < -0.3 is 19.7 Å². The SMILES string of the molecule is CCOC(OCC)[SiH2]CCCCC(CC(=O)O)C(=O)O. The summed E-state index contributed by atoms with van der Waals surface area (Å²) in [6, 6.07) is 1.02. The fraction of sp³-hybridized carbons (Fsp3) is 0.846. The summed E-state index contributed by atoms with van der Waals surface area (Å²) in [6.07, 6.45) is 1.77. The van der Waals surface area contributed by atoms with Gasteiger partial charge in [0.25, 0.3) is 0 Å². The third-order valence-electron chi connectivity index (χ3n) is 2.97. The van der Waals surface area contributed by atoms with Crippen LogP contribution in [0.2, 0.25) is 6.04 Å². The largest absolute Gasteiger partial charge is 0.481 e. The van der Waals surface area contributed by atoms with Crippen LogP contribution in [0.15, 0.2) is 0 Å². The molecule has 0 fully saturated rings. The second-order valence-electron chi connectivity index (χ2n) is 4.61. The average Bonchev–Trinajstić information content (AvgIpc) is 2.36. The molecular formula is C13H26O6Si. The first-order valence-corrected chi connectivity index (χ1v) is 9.00. The first-order chi connectivity index (χ1) is 9.51. The topological polar surface area (TPSA) is 93.1 Å². The smallest absolute Gasteiger partial charge is 0.307 e. The van der Waals surface area contributed by atoms with Gasteiger partial charge in [0.15, 0.2) is 0 Å². The van der Waals surface area contributed by atoms with Crippen LogP contribution in [0.5, 0.6) is 0 Å². The standard InChI is InChI=1S/C13H26O6Si/c1-3-18-13(19-4-2)20-8-6-5-7-10(12(16)17)9-11(14)15/h10,13H,3-9,20H2,1-2H3,(H,14,15)(H,16,17). The molecule has 0 aliphatic heterocycles. The van der Waals surface area contributed by atoms with E-state index in [1.165, 1.54) is 0 Å². The van der Waals surface area contributed by atoms with Crippen LogP contribution in [0.3, 0.4) is 0 Å².